The number of nitrogens with zero attached hydrogens (tertiary/aromatic N) is 4. The normalized spacial score (nSPS) is 22.7. The van der Waals surface area contributed by atoms with Crippen LogP contribution in [0.5, 0.6) is 0 Å². The fourth-order valence-corrected chi connectivity index (χ4v) is 4.44. The van der Waals surface area contributed by atoms with Gasteiger partial charge in [-0.15, -0.1) is 24.0 Å². The Kier molecular flexibility index (Phi) is 12.6. The quantitative estimate of drug-likeness (QED) is 0.220. The van der Waals surface area contributed by atoms with E-state index >= 15 is 0 Å². The van der Waals surface area contributed by atoms with E-state index in [1.165, 1.54) is 45.3 Å². The zero-order valence-electron chi connectivity index (χ0n) is 20.2. The number of pyridine rings is 1. The topological polar surface area (TPSA) is 65.0 Å². The molecule has 3 rings (SSSR count). The molecule has 8 heteroatoms. The fourth-order valence-electron chi connectivity index (χ4n) is 4.44. The number of likely N-dealkylation sites (tertiary alicyclic amines) is 1. The number of guanidine groups is 1. The van der Waals surface area contributed by atoms with Crippen LogP contribution in [0.4, 0.5) is 5.82 Å². The van der Waals surface area contributed by atoms with E-state index in [-0.39, 0.29) is 36.2 Å². The number of rotatable bonds is 8. The van der Waals surface area contributed by atoms with E-state index in [2.05, 4.69) is 58.3 Å². The molecule has 2 saturated heterocycles. The van der Waals surface area contributed by atoms with Gasteiger partial charge in [-0.05, 0) is 71.3 Å². The monoisotopic (exact) mass is 558 g/mol. The number of nitrogens with one attached hydrogen (secondary N) is 2. The molecule has 0 aromatic carbocycles. The molecule has 0 radical (unpaired) electrons. The highest BCUT2D eigenvalue weighted by molar-refractivity contribution is 14.0. The largest absolute Gasteiger partial charge is 0.372 e. The number of halogens is 1. The molecule has 2 unspecified atom stereocenters. The molecule has 32 heavy (non-hydrogen) atoms. The first-order chi connectivity index (χ1) is 15.1. The maximum atomic E-state index is 5.83. The van der Waals surface area contributed by atoms with Crippen LogP contribution in [0, 0.1) is 0 Å². The maximum absolute atomic E-state index is 5.83. The summed E-state index contributed by atoms with van der Waals surface area (Å²) in [6, 6.07) is 4.25. The Morgan fingerprint density at radius 3 is 2.44 bits per heavy atom. The lowest BCUT2D eigenvalue weighted by Gasteiger charge is -2.36. The van der Waals surface area contributed by atoms with Crippen LogP contribution in [0.1, 0.15) is 58.4 Å². The highest BCUT2D eigenvalue weighted by atomic mass is 127. The van der Waals surface area contributed by atoms with Crippen LogP contribution in [-0.2, 0) is 11.3 Å². The number of aliphatic imine (C=N–C) groups is 1. The second-order valence-corrected chi connectivity index (χ2v) is 8.92. The van der Waals surface area contributed by atoms with Gasteiger partial charge in [-0.2, -0.15) is 0 Å². The summed E-state index contributed by atoms with van der Waals surface area (Å²) in [5, 5.41) is 6.85. The highest BCUT2D eigenvalue weighted by Gasteiger charge is 2.22. The summed E-state index contributed by atoms with van der Waals surface area (Å²) in [5.74, 6) is 1.91. The van der Waals surface area contributed by atoms with Gasteiger partial charge in [-0.3, -0.25) is 0 Å². The zero-order valence-corrected chi connectivity index (χ0v) is 22.5. The van der Waals surface area contributed by atoms with Crippen LogP contribution in [0.15, 0.2) is 23.3 Å². The molecule has 0 spiro atoms. The molecule has 1 aromatic heterocycles. The van der Waals surface area contributed by atoms with Gasteiger partial charge in [0, 0.05) is 32.4 Å². The van der Waals surface area contributed by atoms with Crippen molar-refractivity contribution in [3.05, 3.63) is 23.9 Å². The van der Waals surface area contributed by atoms with Crippen LogP contribution in [0.3, 0.4) is 0 Å². The number of morpholine rings is 1. The number of aromatic nitrogens is 1. The Morgan fingerprint density at radius 2 is 1.81 bits per heavy atom. The molecule has 2 aliphatic rings. The Hall–Kier alpha value is -1.13. The number of anilines is 1. The highest BCUT2D eigenvalue weighted by Crippen LogP contribution is 2.18. The van der Waals surface area contributed by atoms with Gasteiger partial charge in [0.1, 0.15) is 5.82 Å². The summed E-state index contributed by atoms with van der Waals surface area (Å²) in [4.78, 5) is 14.4. The third-order valence-corrected chi connectivity index (χ3v) is 5.96. The lowest BCUT2D eigenvalue weighted by molar-refractivity contribution is -0.00545. The number of hydrogen-bond acceptors (Lipinski definition) is 5. The smallest absolute Gasteiger partial charge is 0.191 e. The van der Waals surface area contributed by atoms with E-state index in [9.17, 15) is 0 Å². The maximum Gasteiger partial charge on any atom is 0.191 e. The SMILES string of the molecule is CCNC(=NCc1ccc(N2CC(C)OC(C)C2)nc1)NCCCN1CCCCCC1.I. The van der Waals surface area contributed by atoms with E-state index < -0.39 is 0 Å². The van der Waals surface area contributed by atoms with Gasteiger partial charge in [-0.1, -0.05) is 18.9 Å². The van der Waals surface area contributed by atoms with Crippen molar-refractivity contribution in [3.63, 3.8) is 0 Å². The molecule has 3 heterocycles. The first-order valence-corrected chi connectivity index (χ1v) is 12.2. The van der Waals surface area contributed by atoms with E-state index in [0.29, 0.717) is 6.54 Å². The molecular weight excluding hydrogens is 515 g/mol. The molecule has 0 bridgehead atoms. The standard InChI is InChI=1S/C24H42N6O.HI/c1-4-25-24(26-12-9-15-29-13-7-5-6-8-14-29)28-17-22-10-11-23(27-16-22)30-18-20(2)31-21(3)19-30;/h10-11,16,20-21H,4-9,12-15,17-19H2,1-3H3,(H2,25,26,28);1H. The van der Waals surface area contributed by atoms with Gasteiger partial charge in [0.25, 0.3) is 0 Å². The van der Waals surface area contributed by atoms with Crippen molar-refractivity contribution in [2.45, 2.75) is 71.6 Å². The van der Waals surface area contributed by atoms with Gasteiger partial charge in [-0.25, -0.2) is 9.98 Å². The Morgan fingerprint density at radius 1 is 1.09 bits per heavy atom. The van der Waals surface area contributed by atoms with Crippen molar-refractivity contribution >= 4 is 35.8 Å². The molecule has 7 nitrogen and oxygen atoms in total. The zero-order chi connectivity index (χ0) is 21.9. The van der Waals surface area contributed by atoms with Gasteiger partial charge < -0.3 is 25.2 Å². The van der Waals surface area contributed by atoms with Crippen LogP contribution in [0.25, 0.3) is 0 Å². The molecule has 182 valence electrons. The summed E-state index contributed by atoms with van der Waals surface area (Å²) in [6.07, 6.45) is 9.08. The third-order valence-electron chi connectivity index (χ3n) is 5.96. The Labute approximate surface area is 211 Å². The minimum absolute atomic E-state index is 0. The molecule has 2 atom stereocenters. The predicted octanol–water partition coefficient (Wildman–Crippen LogP) is 3.63. The minimum Gasteiger partial charge on any atom is -0.372 e. The van der Waals surface area contributed by atoms with E-state index in [4.69, 9.17) is 9.73 Å². The fraction of sp³-hybridized carbons (Fsp3) is 0.750. The van der Waals surface area contributed by atoms with E-state index in [0.717, 1.165) is 49.9 Å². The lowest BCUT2D eigenvalue weighted by atomic mass is 10.2. The summed E-state index contributed by atoms with van der Waals surface area (Å²) in [7, 11) is 0. The second kappa shape index (κ2) is 14.9. The van der Waals surface area contributed by atoms with Gasteiger partial charge >= 0.3 is 0 Å². The number of hydrogen-bond donors (Lipinski definition) is 2. The van der Waals surface area contributed by atoms with Crippen molar-refractivity contribution in [3.8, 4) is 0 Å². The molecule has 1 aromatic rings. The lowest BCUT2D eigenvalue weighted by Crippen LogP contribution is -2.45. The summed E-state index contributed by atoms with van der Waals surface area (Å²) in [5.41, 5.74) is 1.12. The van der Waals surface area contributed by atoms with Gasteiger partial charge in [0.05, 0.1) is 18.8 Å². The predicted molar refractivity (Wildman–Crippen MR) is 144 cm³/mol. The average molecular weight is 559 g/mol. The Bertz CT molecular complexity index is 653. The molecule has 2 fully saturated rings. The summed E-state index contributed by atoms with van der Waals surface area (Å²) in [6.45, 7) is 14.3. The van der Waals surface area contributed by atoms with Crippen molar-refractivity contribution in [1.29, 1.82) is 0 Å². The molecule has 0 amide bonds. The number of ether oxygens (including phenoxy) is 1. The Balaban J connectivity index is 0.00000363. The van der Waals surface area contributed by atoms with Crippen molar-refractivity contribution in [2.75, 3.05) is 50.7 Å². The van der Waals surface area contributed by atoms with Crippen molar-refractivity contribution in [2.24, 2.45) is 4.99 Å². The van der Waals surface area contributed by atoms with E-state index in [1.807, 2.05) is 6.20 Å². The molecular formula is C24H43IN6O. The average Bonchev–Trinajstić information content (AvgIpc) is 3.03. The van der Waals surface area contributed by atoms with Crippen LogP contribution in [-0.4, -0.2) is 73.9 Å². The van der Waals surface area contributed by atoms with Gasteiger partial charge in [0.15, 0.2) is 5.96 Å². The van der Waals surface area contributed by atoms with Gasteiger partial charge in [0.2, 0.25) is 0 Å². The summed E-state index contributed by atoms with van der Waals surface area (Å²) >= 11 is 0. The molecule has 2 N–H and O–H groups in total. The first kappa shape index (κ1) is 27.1. The third kappa shape index (κ3) is 9.39. The molecule has 2 aliphatic heterocycles. The van der Waals surface area contributed by atoms with Crippen molar-refractivity contribution < 1.29 is 4.74 Å². The van der Waals surface area contributed by atoms with Crippen LogP contribution < -0.4 is 15.5 Å². The second-order valence-electron chi connectivity index (χ2n) is 8.92. The summed E-state index contributed by atoms with van der Waals surface area (Å²) < 4.78 is 5.83. The van der Waals surface area contributed by atoms with Crippen LogP contribution in [0.2, 0.25) is 0 Å². The van der Waals surface area contributed by atoms with E-state index in [1.54, 1.807) is 0 Å². The first-order valence-electron chi connectivity index (χ1n) is 12.2. The minimum atomic E-state index is 0. The van der Waals surface area contributed by atoms with Crippen molar-refractivity contribution in [1.82, 2.24) is 20.5 Å². The molecule has 0 aliphatic carbocycles. The molecule has 0 saturated carbocycles. The van der Waals surface area contributed by atoms with Crippen LogP contribution >= 0.6 is 24.0 Å².